The fourth-order valence-corrected chi connectivity index (χ4v) is 5.27. The molecule has 0 spiro atoms. The molecule has 0 aromatic carbocycles. The molecule has 9 heteroatoms. The molecule has 4 aromatic rings. The molecule has 5 rings (SSSR count). The number of aromatic nitrogens is 6. The van der Waals surface area contributed by atoms with E-state index in [4.69, 9.17) is 0 Å². The van der Waals surface area contributed by atoms with E-state index in [0.29, 0.717) is 44.7 Å². The van der Waals surface area contributed by atoms with E-state index in [1.807, 2.05) is 23.8 Å². The fraction of sp³-hybridized carbons (Fsp3) is 0.435. The van der Waals surface area contributed by atoms with E-state index in [-0.39, 0.29) is 17.2 Å². The number of pyridine rings is 3. The highest BCUT2D eigenvalue weighted by Gasteiger charge is 2.29. The lowest BCUT2D eigenvalue weighted by molar-refractivity contribution is 0.183. The molecule has 0 bridgehead atoms. The Morgan fingerprint density at radius 1 is 1.06 bits per heavy atom. The van der Waals surface area contributed by atoms with Crippen LogP contribution in [0.15, 0.2) is 45.3 Å². The summed E-state index contributed by atoms with van der Waals surface area (Å²) in [6.07, 6.45) is 6.82. The van der Waals surface area contributed by atoms with Crippen LogP contribution in [0.5, 0.6) is 0 Å². The molecule has 1 aliphatic carbocycles. The standard InChI is InChI=1S/C23H26N6O2S/c1-4-32-23-25-22(26-27-23)29-11-9-18-16(21(29)31)12-15-17(24-18)8-10-28(20(15)30)19-7-5-6-13(2)14(19)3/h8-14,19H,4-7H2,1-3H3,(H,25,26,27)/t13-,14+,19+/m1/s1. The lowest BCUT2D eigenvalue weighted by atomic mass is 9.78. The lowest BCUT2D eigenvalue weighted by Gasteiger charge is -2.35. The number of nitrogens with zero attached hydrogens (tertiary/aromatic N) is 5. The van der Waals surface area contributed by atoms with Gasteiger partial charge >= 0.3 is 0 Å². The first-order chi connectivity index (χ1) is 15.5. The van der Waals surface area contributed by atoms with Crippen LogP contribution in [-0.4, -0.2) is 35.1 Å². The molecule has 0 amide bonds. The molecule has 0 radical (unpaired) electrons. The Balaban J connectivity index is 1.65. The summed E-state index contributed by atoms with van der Waals surface area (Å²) in [6.45, 7) is 6.50. The van der Waals surface area contributed by atoms with Crippen molar-refractivity contribution >= 4 is 33.6 Å². The molecule has 0 aliphatic heterocycles. The number of thioether (sulfide) groups is 1. The molecule has 3 atom stereocenters. The molecule has 1 N–H and O–H groups in total. The van der Waals surface area contributed by atoms with Crippen LogP contribution >= 0.6 is 11.8 Å². The van der Waals surface area contributed by atoms with Gasteiger partial charge in [-0.05, 0) is 42.2 Å². The predicted octanol–water partition coefficient (Wildman–Crippen LogP) is 3.93. The third-order valence-corrected chi connectivity index (χ3v) is 7.48. The van der Waals surface area contributed by atoms with Crippen molar-refractivity contribution in [3.05, 3.63) is 51.3 Å². The van der Waals surface area contributed by atoms with Crippen molar-refractivity contribution in [3.63, 3.8) is 0 Å². The van der Waals surface area contributed by atoms with E-state index in [9.17, 15) is 9.59 Å². The molecule has 0 unspecified atom stereocenters. The zero-order chi connectivity index (χ0) is 22.4. The van der Waals surface area contributed by atoms with E-state index >= 15 is 0 Å². The normalized spacial score (nSPS) is 21.4. The predicted molar refractivity (Wildman–Crippen MR) is 127 cm³/mol. The highest BCUT2D eigenvalue weighted by molar-refractivity contribution is 7.99. The van der Waals surface area contributed by atoms with Crippen LogP contribution in [0.3, 0.4) is 0 Å². The number of fused-ring (bicyclic) bond motifs is 2. The highest BCUT2D eigenvalue weighted by atomic mass is 32.2. The molecule has 1 saturated carbocycles. The quantitative estimate of drug-likeness (QED) is 0.374. The largest absolute Gasteiger partial charge is 0.312 e. The van der Waals surface area contributed by atoms with Crippen molar-refractivity contribution in [1.82, 2.24) is 29.3 Å². The lowest BCUT2D eigenvalue weighted by Crippen LogP contribution is -2.33. The molecule has 4 aromatic heterocycles. The zero-order valence-electron chi connectivity index (χ0n) is 18.4. The Morgan fingerprint density at radius 3 is 2.59 bits per heavy atom. The Labute approximate surface area is 189 Å². The van der Waals surface area contributed by atoms with Gasteiger partial charge in [0.05, 0.1) is 21.8 Å². The second kappa shape index (κ2) is 8.20. The van der Waals surface area contributed by atoms with Crippen molar-refractivity contribution < 1.29 is 0 Å². The molecule has 8 nitrogen and oxygen atoms in total. The number of aromatic amines is 1. The van der Waals surface area contributed by atoms with Gasteiger partial charge in [0.1, 0.15) is 0 Å². The molecular formula is C23H26N6O2S. The summed E-state index contributed by atoms with van der Waals surface area (Å²) in [5.74, 6) is 2.19. The Bertz CT molecular complexity index is 1420. The van der Waals surface area contributed by atoms with E-state index < -0.39 is 0 Å². The molecule has 1 aliphatic rings. The number of H-pyrrole nitrogens is 1. The summed E-state index contributed by atoms with van der Waals surface area (Å²) in [5.41, 5.74) is 0.793. The summed E-state index contributed by atoms with van der Waals surface area (Å²) in [5, 5.41) is 8.41. The van der Waals surface area contributed by atoms with Crippen LogP contribution < -0.4 is 11.1 Å². The zero-order valence-corrected chi connectivity index (χ0v) is 19.2. The maximum absolute atomic E-state index is 13.4. The van der Waals surface area contributed by atoms with Crippen molar-refractivity contribution in [1.29, 1.82) is 0 Å². The van der Waals surface area contributed by atoms with Crippen molar-refractivity contribution in [2.45, 2.75) is 51.2 Å². The van der Waals surface area contributed by atoms with Gasteiger partial charge in [0.25, 0.3) is 11.1 Å². The molecule has 32 heavy (non-hydrogen) atoms. The van der Waals surface area contributed by atoms with Crippen molar-refractivity contribution in [2.24, 2.45) is 11.8 Å². The monoisotopic (exact) mass is 450 g/mol. The van der Waals surface area contributed by atoms with Crippen molar-refractivity contribution in [3.8, 4) is 5.95 Å². The summed E-state index contributed by atoms with van der Waals surface area (Å²) in [7, 11) is 0. The second-order valence-corrected chi connectivity index (χ2v) is 9.81. The van der Waals surface area contributed by atoms with Gasteiger partial charge in [-0.3, -0.25) is 14.2 Å². The molecule has 4 heterocycles. The van der Waals surface area contributed by atoms with E-state index in [1.54, 1.807) is 18.3 Å². The smallest absolute Gasteiger partial charge is 0.266 e. The van der Waals surface area contributed by atoms with Gasteiger partial charge in [-0.2, -0.15) is 4.98 Å². The molecule has 166 valence electrons. The minimum Gasteiger partial charge on any atom is -0.312 e. The summed E-state index contributed by atoms with van der Waals surface area (Å²) in [6, 6.07) is 5.51. The maximum atomic E-state index is 13.4. The van der Waals surface area contributed by atoms with Gasteiger partial charge < -0.3 is 4.57 Å². The van der Waals surface area contributed by atoms with Crippen LogP contribution in [0.2, 0.25) is 0 Å². The fourth-order valence-electron chi connectivity index (χ4n) is 4.75. The van der Waals surface area contributed by atoms with Crippen molar-refractivity contribution in [2.75, 3.05) is 5.75 Å². The molecule has 1 fully saturated rings. The first-order valence-corrected chi connectivity index (χ1v) is 12.1. The third kappa shape index (κ3) is 3.44. The average Bonchev–Trinajstić information content (AvgIpc) is 3.24. The first-order valence-electron chi connectivity index (χ1n) is 11.1. The van der Waals surface area contributed by atoms with E-state index in [2.05, 4.69) is 34.0 Å². The van der Waals surface area contributed by atoms with Crippen LogP contribution in [0.4, 0.5) is 0 Å². The highest BCUT2D eigenvalue weighted by Crippen LogP contribution is 2.37. The molecule has 0 saturated heterocycles. The summed E-state index contributed by atoms with van der Waals surface area (Å²) < 4.78 is 3.26. The minimum absolute atomic E-state index is 0.0843. The van der Waals surface area contributed by atoms with E-state index in [1.165, 1.54) is 22.7 Å². The Kier molecular flexibility index (Phi) is 5.36. The second-order valence-electron chi connectivity index (χ2n) is 8.58. The van der Waals surface area contributed by atoms with Gasteiger partial charge in [-0.25, -0.2) is 10.1 Å². The van der Waals surface area contributed by atoms with Gasteiger partial charge in [0.2, 0.25) is 11.1 Å². The number of nitrogens with one attached hydrogen (secondary N) is 1. The van der Waals surface area contributed by atoms with Gasteiger partial charge in [0, 0.05) is 18.4 Å². The minimum atomic E-state index is -0.282. The average molecular weight is 451 g/mol. The number of hydrogen-bond donors (Lipinski definition) is 1. The SMILES string of the molecule is CCSc1n[nH]c(-n2ccc3nc4ccn([C@H]5CCC[C@@H](C)[C@@H]5C)c(=O)c4cc3c2=O)n1. The molecular weight excluding hydrogens is 424 g/mol. The number of rotatable bonds is 4. The van der Waals surface area contributed by atoms with Crippen LogP contribution in [-0.2, 0) is 0 Å². The number of hydrogen-bond acceptors (Lipinski definition) is 6. The van der Waals surface area contributed by atoms with Crippen LogP contribution in [0, 0.1) is 11.8 Å². The summed E-state index contributed by atoms with van der Waals surface area (Å²) in [4.78, 5) is 35.7. The Hall–Kier alpha value is -2.94. The summed E-state index contributed by atoms with van der Waals surface area (Å²) >= 11 is 1.49. The van der Waals surface area contributed by atoms with Crippen LogP contribution in [0.1, 0.15) is 46.1 Å². The maximum Gasteiger partial charge on any atom is 0.266 e. The third-order valence-electron chi connectivity index (χ3n) is 6.75. The Morgan fingerprint density at radius 2 is 1.81 bits per heavy atom. The topological polar surface area (TPSA) is 98.5 Å². The van der Waals surface area contributed by atoms with E-state index in [0.717, 1.165) is 18.6 Å². The first kappa shape index (κ1) is 20.9. The van der Waals surface area contributed by atoms with Gasteiger partial charge in [-0.1, -0.05) is 45.4 Å². The van der Waals surface area contributed by atoms with Gasteiger partial charge in [0.15, 0.2) is 0 Å². The van der Waals surface area contributed by atoms with Gasteiger partial charge in [-0.15, -0.1) is 5.10 Å². The van der Waals surface area contributed by atoms with Crippen LogP contribution in [0.25, 0.3) is 27.8 Å².